The van der Waals surface area contributed by atoms with Gasteiger partial charge in [-0.05, 0) is 30.7 Å². The molecule has 0 spiro atoms. The summed E-state index contributed by atoms with van der Waals surface area (Å²) in [7, 11) is 1.60. The van der Waals surface area contributed by atoms with E-state index in [2.05, 4.69) is 26.3 Å². The topological polar surface area (TPSA) is 64.0 Å². The molecule has 1 heterocycles. The summed E-state index contributed by atoms with van der Waals surface area (Å²) in [5.41, 5.74) is 1.45. The molecule has 0 saturated heterocycles. The largest absolute Gasteiger partial charge is 0.349 e. The fraction of sp³-hybridized carbons (Fsp3) is 0.211. The van der Waals surface area contributed by atoms with Crippen molar-refractivity contribution in [2.75, 3.05) is 0 Å². The first-order valence-electron chi connectivity index (χ1n) is 7.95. The Balaban J connectivity index is 1.81. The number of benzene rings is 2. The van der Waals surface area contributed by atoms with Gasteiger partial charge in [-0.25, -0.2) is 4.68 Å². The third-order valence-electron chi connectivity index (χ3n) is 4.11. The molecule has 3 aromatic rings. The minimum absolute atomic E-state index is 0.112. The van der Waals surface area contributed by atoms with E-state index in [0.717, 1.165) is 15.4 Å². The van der Waals surface area contributed by atoms with Gasteiger partial charge in [0.15, 0.2) is 0 Å². The van der Waals surface area contributed by atoms with Crippen LogP contribution in [-0.4, -0.2) is 15.7 Å². The highest BCUT2D eigenvalue weighted by Crippen LogP contribution is 2.17. The standard InChI is InChI=1S/C19H18BrN3O2/c1-12(13-7-9-14(20)10-8-13)21-18(24)11-17-15-5-3-4-6-16(15)19(25)23(2)22-17/h3-10,12H,11H2,1-2H3,(H,21,24)/t12-/m1/s1. The van der Waals surface area contributed by atoms with Gasteiger partial charge in [-0.15, -0.1) is 0 Å². The van der Waals surface area contributed by atoms with E-state index in [9.17, 15) is 9.59 Å². The van der Waals surface area contributed by atoms with E-state index < -0.39 is 0 Å². The lowest BCUT2D eigenvalue weighted by Gasteiger charge is -2.15. The molecular formula is C19H18BrN3O2. The first-order valence-corrected chi connectivity index (χ1v) is 8.75. The van der Waals surface area contributed by atoms with Crippen molar-refractivity contribution < 1.29 is 4.79 Å². The predicted molar refractivity (Wildman–Crippen MR) is 101 cm³/mol. The van der Waals surface area contributed by atoms with E-state index in [0.29, 0.717) is 11.1 Å². The summed E-state index contributed by atoms with van der Waals surface area (Å²) in [5, 5.41) is 8.54. The lowest BCUT2D eigenvalue weighted by molar-refractivity contribution is -0.121. The van der Waals surface area contributed by atoms with Gasteiger partial charge >= 0.3 is 0 Å². The average Bonchev–Trinajstić information content (AvgIpc) is 2.60. The average molecular weight is 400 g/mol. The SMILES string of the molecule is C[C@@H](NC(=O)Cc1nn(C)c(=O)c2ccccc12)c1ccc(Br)cc1. The second kappa shape index (κ2) is 7.19. The summed E-state index contributed by atoms with van der Waals surface area (Å²) >= 11 is 3.40. The molecule has 2 aromatic carbocycles. The summed E-state index contributed by atoms with van der Waals surface area (Å²) in [5.74, 6) is -0.133. The van der Waals surface area contributed by atoms with Gasteiger partial charge in [0.25, 0.3) is 5.56 Å². The minimum atomic E-state index is -0.164. The van der Waals surface area contributed by atoms with Crippen LogP contribution in [0.5, 0.6) is 0 Å². The summed E-state index contributed by atoms with van der Waals surface area (Å²) in [6.45, 7) is 1.94. The highest BCUT2D eigenvalue weighted by atomic mass is 79.9. The quantitative estimate of drug-likeness (QED) is 0.732. The molecule has 0 saturated carbocycles. The van der Waals surface area contributed by atoms with Crippen molar-refractivity contribution in [3.05, 3.63) is 74.6 Å². The lowest BCUT2D eigenvalue weighted by Crippen LogP contribution is -2.30. The molecule has 1 atom stereocenters. The molecule has 0 radical (unpaired) electrons. The molecule has 25 heavy (non-hydrogen) atoms. The van der Waals surface area contributed by atoms with Gasteiger partial charge in [-0.2, -0.15) is 5.10 Å². The summed E-state index contributed by atoms with van der Waals surface area (Å²) in [4.78, 5) is 24.6. The number of carbonyl (C=O) groups excluding carboxylic acids is 1. The number of halogens is 1. The monoisotopic (exact) mass is 399 g/mol. The fourth-order valence-electron chi connectivity index (χ4n) is 2.79. The predicted octanol–water partition coefficient (Wildman–Crippen LogP) is 3.12. The van der Waals surface area contributed by atoms with Gasteiger partial charge in [0.05, 0.1) is 23.5 Å². The van der Waals surface area contributed by atoms with Crippen LogP contribution in [0.4, 0.5) is 0 Å². The molecule has 1 N–H and O–H groups in total. The molecule has 5 nitrogen and oxygen atoms in total. The Morgan fingerprint density at radius 2 is 1.80 bits per heavy atom. The third kappa shape index (κ3) is 3.79. The van der Waals surface area contributed by atoms with Gasteiger partial charge in [-0.3, -0.25) is 9.59 Å². The maximum Gasteiger partial charge on any atom is 0.274 e. The number of fused-ring (bicyclic) bond motifs is 1. The molecule has 0 aliphatic rings. The maximum absolute atomic E-state index is 12.5. The molecule has 0 fully saturated rings. The Hall–Kier alpha value is -2.47. The lowest BCUT2D eigenvalue weighted by atomic mass is 10.1. The maximum atomic E-state index is 12.5. The smallest absolute Gasteiger partial charge is 0.274 e. The molecular weight excluding hydrogens is 382 g/mol. The molecule has 1 amide bonds. The number of carbonyl (C=O) groups is 1. The third-order valence-corrected chi connectivity index (χ3v) is 4.64. The summed E-state index contributed by atoms with van der Waals surface area (Å²) in [6, 6.07) is 14.9. The molecule has 0 aliphatic heterocycles. The number of hydrogen-bond acceptors (Lipinski definition) is 3. The second-order valence-corrected chi connectivity index (χ2v) is 6.85. The van der Waals surface area contributed by atoms with Crippen molar-refractivity contribution in [1.29, 1.82) is 0 Å². The van der Waals surface area contributed by atoms with E-state index in [4.69, 9.17) is 0 Å². The molecule has 1 aromatic heterocycles. The van der Waals surface area contributed by atoms with Crippen molar-refractivity contribution in [2.45, 2.75) is 19.4 Å². The van der Waals surface area contributed by atoms with Crippen molar-refractivity contribution in [3.63, 3.8) is 0 Å². The molecule has 0 bridgehead atoms. The van der Waals surface area contributed by atoms with Gasteiger partial charge < -0.3 is 5.32 Å². The van der Waals surface area contributed by atoms with E-state index in [1.54, 1.807) is 13.1 Å². The molecule has 128 valence electrons. The van der Waals surface area contributed by atoms with Crippen LogP contribution >= 0.6 is 15.9 Å². The number of nitrogens with zero attached hydrogens (tertiary/aromatic N) is 2. The second-order valence-electron chi connectivity index (χ2n) is 5.94. The summed E-state index contributed by atoms with van der Waals surface area (Å²) in [6.07, 6.45) is 0.121. The highest BCUT2D eigenvalue weighted by molar-refractivity contribution is 9.10. The van der Waals surface area contributed by atoms with Gasteiger partial charge in [0, 0.05) is 16.9 Å². The van der Waals surface area contributed by atoms with Gasteiger partial charge in [0.1, 0.15) is 0 Å². The molecule has 0 unspecified atom stereocenters. The van der Waals surface area contributed by atoms with Crippen molar-refractivity contribution in [3.8, 4) is 0 Å². The van der Waals surface area contributed by atoms with Crippen LogP contribution in [0.2, 0.25) is 0 Å². The fourth-order valence-corrected chi connectivity index (χ4v) is 3.05. The molecule has 3 rings (SSSR count). The number of aromatic nitrogens is 2. The van der Waals surface area contributed by atoms with Gasteiger partial charge in [0.2, 0.25) is 5.91 Å². The first-order chi connectivity index (χ1) is 12.0. The van der Waals surface area contributed by atoms with E-state index in [-0.39, 0.29) is 23.9 Å². The van der Waals surface area contributed by atoms with Crippen LogP contribution in [0.1, 0.15) is 24.2 Å². The number of rotatable bonds is 4. The van der Waals surface area contributed by atoms with Crippen LogP contribution in [0, 0.1) is 0 Å². The van der Waals surface area contributed by atoms with Crippen LogP contribution < -0.4 is 10.9 Å². The normalized spacial score (nSPS) is 12.1. The molecule has 0 aliphatic carbocycles. The van der Waals surface area contributed by atoms with Crippen molar-refractivity contribution in [2.24, 2.45) is 7.05 Å². The van der Waals surface area contributed by atoms with E-state index in [1.165, 1.54) is 4.68 Å². The summed E-state index contributed by atoms with van der Waals surface area (Å²) < 4.78 is 2.28. The number of nitrogens with one attached hydrogen (secondary N) is 1. The Morgan fingerprint density at radius 3 is 2.48 bits per heavy atom. The van der Waals surface area contributed by atoms with Crippen LogP contribution in [-0.2, 0) is 18.3 Å². The Labute approximate surface area is 153 Å². The van der Waals surface area contributed by atoms with Crippen molar-refractivity contribution >= 4 is 32.6 Å². The Morgan fingerprint density at radius 1 is 1.16 bits per heavy atom. The van der Waals surface area contributed by atoms with Crippen molar-refractivity contribution in [1.82, 2.24) is 15.1 Å². The van der Waals surface area contributed by atoms with E-state index in [1.807, 2.05) is 49.4 Å². The number of amides is 1. The number of hydrogen-bond donors (Lipinski definition) is 1. The van der Waals surface area contributed by atoms with E-state index >= 15 is 0 Å². The van der Waals surface area contributed by atoms with Crippen LogP contribution in [0.25, 0.3) is 10.8 Å². The first kappa shape index (κ1) is 17.4. The Kier molecular flexibility index (Phi) is 4.99. The zero-order chi connectivity index (χ0) is 18.0. The Bertz CT molecular complexity index is 980. The van der Waals surface area contributed by atoms with Crippen LogP contribution in [0.3, 0.4) is 0 Å². The van der Waals surface area contributed by atoms with Crippen LogP contribution in [0.15, 0.2) is 57.8 Å². The highest BCUT2D eigenvalue weighted by Gasteiger charge is 2.14. The molecule has 6 heteroatoms. The number of aryl methyl sites for hydroxylation is 1. The zero-order valence-electron chi connectivity index (χ0n) is 14.0. The van der Waals surface area contributed by atoms with Gasteiger partial charge in [-0.1, -0.05) is 46.3 Å². The zero-order valence-corrected chi connectivity index (χ0v) is 15.6. The minimum Gasteiger partial charge on any atom is -0.349 e.